The summed E-state index contributed by atoms with van der Waals surface area (Å²) in [5.74, 6) is -0.783. The third-order valence-corrected chi connectivity index (χ3v) is 5.80. The van der Waals surface area contributed by atoms with E-state index in [0.29, 0.717) is 4.47 Å². The van der Waals surface area contributed by atoms with E-state index >= 15 is 0 Å². The van der Waals surface area contributed by atoms with Gasteiger partial charge in [0, 0.05) is 15.9 Å². The van der Waals surface area contributed by atoms with Gasteiger partial charge in [-0.05, 0) is 46.3 Å². The summed E-state index contributed by atoms with van der Waals surface area (Å²) in [5.41, 5.74) is 0. The number of nitrogens with one attached hydrogen (secondary N) is 1. The van der Waals surface area contributed by atoms with Gasteiger partial charge in [0.05, 0.1) is 3.79 Å². The molecule has 0 aliphatic carbocycles. The Hall–Kier alpha value is -0.280. The van der Waals surface area contributed by atoms with Gasteiger partial charge in [-0.3, -0.25) is 0 Å². The maximum atomic E-state index is 13.6. The van der Waals surface area contributed by atoms with Crippen molar-refractivity contribution in [2.45, 2.75) is 11.4 Å². The van der Waals surface area contributed by atoms with E-state index in [4.69, 9.17) is 0 Å². The van der Waals surface area contributed by atoms with Gasteiger partial charge >= 0.3 is 0 Å². The van der Waals surface area contributed by atoms with Gasteiger partial charge in [-0.2, -0.15) is 0 Å². The van der Waals surface area contributed by atoms with Crippen molar-refractivity contribution in [3.05, 3.63) is 49.3 Å². The Morgan fingerprint density at radius 3 is 2.53 bits per heavy atom. The number of rotatable bonds is 4. The molecule has 1 heterocycles. The molecule has 1 aromatic carbocycles. The second kappa shape index (κ2) is 6.01. The fraction of sp³-hybridized carbons (Fsp3) is 0.0909. The van der Waals surface area contributed by atoms with Crippen LogP contribution in [0.15, 0.2) is 43.5 Å². The molecule has 0 spiro atoms. The SMILES string of the molecule is O=S(=O)(NCc1ccc(Br)s1)c1ccc(Br)cc1F. The lowest BCUT2D eigenvalue weighted by Gasteiger charge is -2.06. The van der Waals surface area contributed by atoms with Crippen molar-refractivity contribution in [1.82, 2.24) is 4.72 Å². The summed E-state index contributed by atoms with van der Waals surface area (Å²) in [6.07, 6.45) is 0. The maximum Gasteiger partial charge on any atom is 0.243 e. The molecule has 0 aliphatic heterocycles. The van der Waals surface area contributed by atoms with E-state index in [1.54, 1.807) is 6.07 Å². The largest absolute Gasteiger partial charge is 0.243 e. The van der Waals surface area contributed by atoms with Gasteiger partial charge in [-0.1, -0.05) is 15.9 Å². The van der Waals surface area contributed by atoms with Crippen molar-refractivity contribution in [3.63, 3.8) is 0 Å². The van der Waals surface area contributed by atoms with Gasteiger partial charge in [0.15, 0.2) is 0 Å². The van der Waals surface area contributed by atoms with Gasteiger partial charge in [-0.15, -0.1) is 11.3 Å². The van der Waals surface area contributed by atoms with Crippen LogP contribution in [-0.2, 0) is 16.6 Å². The van der Waals surface area contributed by atoms with Gasteiger partial charge < -0.3 is 0 Å². The lowest BCUT2D eigenvalue weighted by Crippen LogP contribution is -2.23. The molecule has 0 unspecified atom stereocenters. The number of thiophene rings is 1. The van der Waals surface area contributed by atoms with Crippen molar-refractivity contribution in [1.29, 1.82) is 0 Å². The number of halogens is 3. The zero-order chi connectivity index (χ0) is 14.0. The molecule has 2 aromatic rings. The molecule has 102 valence electrons. The fourth-order valence-electron chi connectivity index (χ4n) is 1.38. The number of hydrogen-bond donors (Lipinski definition) is 1. The molecule has 0 radical (unpaired) electrons. The molecule has 8 heteroatoms. The molecule has 0 fully saturated rings. The first-order chi connectivity index (χ1) is 8.88. The molecule has 0 aliphatic rings. The molecule has 1 aromatic heterocycles. The van der Waals surface area contributed by atoms with Crippen molar-refractivity contribution >= 4 is 53.2 Å². The van der Waals surface area contributed by atoms with Gasteiger partial charge in [-0.25, -0.2) is 17.5 Å². The highest BCUT2D eigenvalue weighted by Gasteiger charge is 2.19. The monoisotopic (exact) mass is 427 g/mol. The Labute approximate surface area is 131 Å². The minimum atomic E-state index is -3.85. The molecule has 0 saturated carbocycles. The van der Waals surface area contributed by atoms with E-state index in [9.17, 15) is 12.8 Å². The molecule has 0 atom stereocenters. The highest BCUT2D eigenvalue weighted by atomic mass is 79.9. The predicted molar refractivity (Wildman–Crippen MR) is 80.1 cm³/mol. The molecule has 1 N–H and O–H groups in total. The average Bonchev–Trinajstić information content (AvgIpc) is 2.72. The number of benzene rings is 1. The summed E-state index contributed by atoms with van der Waals surface area (Å²) < 4.78 is 41.3. The molecule has 0 bridgehead atoms. The Morgan fingerprint density at radius 1 is 1.21 bits per heavy atom. The van der Waals surface area contributed by atoms with E-state index < -0.39 is 15.8 Å². The quantitative estimate of drug-likeness (QED) is 0.802. The van der Waals surface area contributed by atoms with E-state index in [1.807, 2.05) is 6.07 Å². The molecule has 0 amide bonds. The van der Waals surface area contributed by atoms with Crippen LogP contribution in [-0.4, -0.2) is 8.42 Å². The summed E-state index contributed by atoms with van der Waals surface area (Å²) in [7, 11) is -3.85. The van der Waals surface area contributed by atoms with Crippen molar-refractivity contribution in [2.24, 2.45) is 0 Å². The third-order valence-electron chi connectivity index (χ3n) is 2.25. The first-order valence-corrected chi connectivity index (χ1v) is 8.96. The Kier molecular flexibility index (Phi) is 4.78. The summed E-state index contributed by atoms with van der Waals surface area (Å²) in [4.78, 5) is 0.485. The Balaban J connectivity index is 2.18. The van der Waals surface area contributed by atoms with Gasteiger partial charge in [0.2, 0.25) is 10.0 Å². The van der Waals surface area contributed by atoms with Gasteiger partial charge in [0.1, 0.15) is 10.7 Å². The molecule has 3 nitrogen and oxygen atoms in total. The van der Waals surface area contributed by atoms with Crippen LogP contribution in [0.4, 0.5) is 4.39 Å². The molecular weight excluding hydrogens is 421 g/mol. The van der Waals surface area contributed by atoms with Crippen LogP contribution in [0.2, 0.25) is 0 Å². The topological polar surface area (TPSA) is 46.2 Å². The fourth-order valence-corrected chi connectivity index (χ4v) is 4.30. The van der Waals surface area contributed by atoms with E-state index in [1.165, 1.54) is 23.5 Å². The minimum absolute atomic E-state index is 0.133. The molecule has 0 saturated heterocycles. The van der Waals surface area contributed by atoms with E-state index in [0.717, 1.165) is 14.7 Å². The van der Waals surface area contributed by atoms with E-state index in [-0.39, 0.29) is 11.4 Å². The Morgan fingerprint density at radius 2 is 1.95 bits per heavy atom. The first-order valence-electron chi connectivity index (χ1n) is 5.07. The summed E-state index contributed by atoms with van der Waals surface area (Å²) in [6, 6.07) is 7.46. The summed E-state index contributed by atoms with van der Waals surface area (Å²) >= 11 is 7.79. The van der Waals surface area contributed by atoms with Crippen LogP contribution >= 0.6 is 43.2 Å². The van der Waals surface area contributed by atoms with Gasteiger partial charge in [0.25, 0.3) is 0 Å². The lowest BCUT2D eigenvalue weighted by molar-refractivity contribution is 0.556. The van der Waals surface area contributed by atoms with Crippen molar-refractivity contribution < 1.29 is 12.8 Å². The second-order valence-electron chi connectivity index (χ2n) is 3.61. The minimum Gasteiger partial charge on any atom is -0.207 e. The highest BCUT2D eigenvalue weighted by molar-refractivity contribution is 9.11. The third kappa shape index (κ3) is 3.85. The number of sulfonamides is 1. The highest BCUT2D eigenvalue weighted by Crippen LogP contribution is 2.23. The average molecular weight is 429 g/mol. The van der Waals surface area contributed by atoms with Crippen molar-refractivity contribution in [2.75, 3.05) is 0 Å². The second-order valence-corrected chi connectivity index (χ2v) is 8.80. The van der Waals surface area contributed by atoms with Crippen LogP contribution in [0, 0.1) is 5.82 Å². The normalized spacial score (nSPS) is 11.7. The Bertz CT molecular complexity index is 700. The molecular formula is C11H8Br2FNO2S2. The van der Waals surface area contributed by atoms with E-state index in [2.05, 4.69) is 36.6 Å². The van der Waals surface area contributed by atoms with Crippen LogP contribution in [0.25, 0.3) is 0 Å². The van der Waals surface area contributed by atoms with Crippen molar-refractivity contribution in [3.8, 4) is 0 Å². The summed E-state index contributed by atoms with van der Waals surface area (Å²) in [6.45, 7) is 0.133. The van der Waals surface area contributed by atoms with Crippen LogP contribution in [0.3, 0.4) is 0 Å². The lowest BCUT2D eigenvalue weighted by atomic mass is 10.3. The van der Waals surface area contributed by atoms with Crippen LogP contribution in [0.1, 0.15) is 4.88 Å². The van der Waals surface area contributed by atoms with Crippen LogP contribution < -0.4 is 4.72 Å². The summed E-state index contributed by atoms with van der Waals surface area (Å²) in [5, 5.41) is 0. The maximum absolute atomic E-state index is 13.6. The molecule has 19 heavy (non-hydrogen) atoms. The smallest absolute Gasteiger partial charge is 0.207 e. The predicted octanol–water partition coefficient (Wildman–Crippen LogP) is 3.89. The zero-order valence-electron chi connectivity index (χ0n) is 9.36. The zero-order valence-corrected chi connectivity index (χ0v) is 14.2. The first kappa shape index (κ1) is 15.1. The van der Waals surface area contributed by atoms with Crippen LogP contribution in [0.5, 0.6) is 0 Å². The number of hydrogen-bond acceptors (Lipinski definition) is 3. The standard InChI is InChI=1S/C11H8Br2FNO2S2/c12-7-1-3-10(9(14)5-7)19(16,17)15-6-8-2-4-11(13)18-8/h1-5,15H,6H2. The molecule has 2 rings (SSSR count).